The minimum Gasteiger partial charge on any atom is -0.309 e. The third kappa shape index (κ3) is 15.1. The van der Waals surface area contributed by atoms with Crippen LogP contribution in [0, 0.1) is 0 Å². The summed E-state index contributed by atoms with van der Waals surface area (Å²) in [7, 11) is 0. The van der Waals surface area contributed by atoms with Gasteiger partial charge in [-0.05, 0) is 238 Å². The molecule has 0 atom stereocenters. The van der Waals surface area contributed by atoms with E-state index in [-0.39, 0.29) is 7.43 Å². The summed E-state index contributed by atoms with van der Waals surface area (Å²) in [4.78, 5) is 31.4. The van der Waals surface area contributed by atoms with Gasteiger partial charge in [-0.15, -0.1) is 0 Å². The van der Waals surface area contributed by atoms with E-state index in [4.69, 9.17) is 29.9 Å². The molecular weight excluding hydrogens is 1750 g/mol. The zero-order valence-electron chi connectivity index (χ0n) is 77.6. The average molecular weight is 1840 g/mol. The van der Waals surface area contributed by atoms with Crippen molar-refractivity contribution in [2.45, 2.75) is 7.43 Å². The van der Waals surface area contributed by atoms with Crippen molar-refractivity contribution in [3.63, 3.8) is 0 Å². The molecule has 144 heavy (non-hydrogen) atoms. The predicted molar refractivity (Wildman–Crippen MR) is 605 cm³/mol. The molecule has 0 N–H and O–H groups in total. The van der Waals surface area contributed by atoms with Gasteiger partial charge in [0, 0.05) is 99.5 Å². The maximum absolute atomic E-state index is 5.31. The highest BCUT2D eigenvalue weighted by atomic mass is 15.0. The van der Waals surface area contributed by atoms with Crippen LogP contribution >= 0.6 is 0 Å². The van der Waals surface area contributed by atoms with Gasteiger partial charge in [0.05, 0.1) is 67.3 Å². The van der Waals surface area contributed by atoms with Gasteiger partial charge in [-0.25, -0.2) is 29.9 Å². The number of hydrogen-bond donors (Lipinski definition) is 0. The fourth-order valence-corrected chi connectivity index (χ4v) is 21.7. The minimum atomic E-state index is 0. The molecule has 0 aliphatic rings. The zero-order chi connectivity index (χ0) is 94.4. The Morgan fingerprint density at radius 3 is 0.722 bits per heavy atom. The normalized spacial score (nSPS) is 11.6. The number of aromatic nitrogens is 9. The first kappa shape index (κ1) is 85.2. The van der Waals surface area contributed by atoms with E-state index in [1.165, 1.54) is 152 Å². The lowest BCUT2D eigenvalue weighted by atomic mass is 9.94. The first-order valence-electron chi connectivity index (χ1n) is 48.6. The molecule has 0 saturated heterocycles. The number of benzene rings is 23. The first-order chi connectivity index (χ1) is 70.9. The standard InChI is InChI=1S/2C46H29N3.C42H27N3.CH4/c1-3-15-34-30(12-1)14-11-21-38(34)42-29-43(41-28-32-13-2-4-16-35(32)36-17-5-6-18-37(36)41)48-46(47-42)31-24-26-33(27-25-31)49-44-22-9-7-19-39(44)40-20-8-10-23-45(40)49;1-2-12-32-27-34(22-21-30(32)11-1)42-29-43(41-28-33-13-3-4-14-36(33)37-15-5-6-16-38(37)41)48-46(47-42)31-23-25-35(26-24-31)49-44-19-9-7-17-39(44)40-18-8-10-20-45(40)49;1-2-12-28(13-3-1)38-27-39(37-26-30-14-4-5-15-32(30)33-16-6-7-17-34(33)37)44-42(43-38)29-22-24-31(25-23-29)45-40-20-10-8-18-35(40)36-19-9-11-21-41(36)45;/h2*1-29H;1-27H;1H4. The van der Waals surface area contributed by atoms with Crippen LogP contribution < -0.4 is 0 Å². The molecule has 9 heteroatoms. The lowest BCUT2D eigenvalue weighted by Crippen LogP contribution is -1.98. The Morgan fingerprint density at radius 2 is 0.368 bits per heavy atom. The summed E-state index contributed by atoms with van der Waals surface area (Å²) in [5.41, 5.74) is 25.3. The fraction of sp³-hybridized carbons (Fsp3) is 0.00741. The number of para-hydroxylation sites is 6. The van der Waals surface area contributed by atoms with Crippen LogP contribution in [0.1, 0.15) is 7.43 Å². The maximum atomic E-state index is 5.31. The van der Waals surface area contributed by atoms with Gasteiger partial charge in [0.15, 0.2) is 17.5 Å². The molecule has 9 nitrogen and oxygen atoms in total. The second kappa shape index (κ2) is 36.0. The molecule has 23 aromatic carbocycles. The Labute approximate surface area is 831 Å². The van der Waals surface area contributed by atoms with E-state index in [9.17, 15) is 0 Å². The van der Waals surface area contributed by atoms with Crippen molar-refractivity contribution in [2.24, 2.45) is 0 Å². The largest absolute Gasteiger partial charge is 0.309 e. The number of fused-ring (bicyclic) bond motifs is 20. The van der Waals surface area contributed by atoms with Crippen LogP contribution in [0.4, 0.5) is 0 Å². The van der Waals surface area contributed by atoms with Crippen molar-refractivity contribution >= 4 is 152 Å². The first-order valence-corrected chi connectivity index (χ1v) is 48.6. The van der Waals surface area contributed by atoms with Crippen molar-refractivity contribution in [3.8, 4) is 119 Å². The molecule has 0 fully saturated rings. The van der Waals surface area contributed by atoms with Crippen LogP contribution in [0.3, 0.4) is 0 Å². The smallest absolute Gasteiger partial charge is 0.160 e. The van der Waals surface area contributed by atoms with Crippen LogP contribution in [-0.4, -0.2) is 43.6 Å². The molecule has 0 spiro atoms. The summed E-state index contributed by atoms with van der Waals surface area (Å²) < 4.78 is 7.02. The Balaban J connectivity index is 0.000000110. The van der Waals surface area contributed by atoms with Crippen molar-refractivity contribution in [1.82, 2.24) is 43.6 Å². The summed E-state index contributed by atoms with van der Waals surface area (Å²) >= 11 is 0. The SMILES string of the molecule is C.c1ccc(-c2cc(-c3cc4ccccc4c4ccccc34)nc(-c3ccc(-n4c5ccccc5c5ccccc54)cc3)n2)cc1.c1ccc2c(-c3cc(-c4cc5ccccc5c5ccccc45)nc(-c4ccc(-n5c6ccccc6c6ccccc65)cc4)n3)cccc2c1.c1ccc2cc(-c3cc(-c4cc5ccccc5c5ccccc45)nc(-c4ccc(-n5c6ccccc6c6ccccc65)cc4)n3)ccc2c1. The molecular formula is C135H89N9. The van der Waals surface area contributed by atoms with E-state index in [1.807, 2.05) is 6.07 Å². The van der Waals surface area contributed by atoms with Gasteiger partial charge in [-0.3, -0.25) is 0 Å². The van der Waals surface area contributed by atoms with E-state index in [0.717, 1.165) is 101 Å². The Bertz CT molecular complexity index is 9950. The van der Waals surface area contributed by atoms with Gasteiger partial charge < -0.3 is 13.7 Å². The van der Waals surface area contributed by atoms with Crippen molar-refractivity contribution in [1.29, 1.82) is 0 Å². The molecule has 6 heterocycles. The van der Waals surface area contributed by atoms with Crippen LogP contribution in [-0.2, 0) is 0 Å². The van der Waals surface area contributed by atoms with Gasteiger partial charge in [0.2, 0.25) is 0 Å². The monoisotopic (exact) mass is 1840 g/mol. The van der Waals surface area contributed by atoms with Crippen molar-refractivity contribution < 1.29 is 0 Å². The fourth-order valence-electron chi connectivity index (χ4n) is 21.7. The molecule has 674 valence electrons. The van der Waals surface area contributed by atoms with Gasteiger partial charge in [-0.2, -0.15) is 0 Å². The molecule has 29 aromatic rings. The lowest BCUT2D eigenvalue weighted by molar-refractivity contribution is 1.16. The quantitative estimate of drug-likeness (QED) is 0.113. The minimum absolute atomic E-state index is 0. The molecule has 0 bridgehead atoms. The Kier molecular flexibility index (Phi) is 21.3. The molecule has 0 unspecified atom stereocenters. The topological polar surface area (TPSA) is 92.1 Å². The molecule has 29 rings (SSSR count). The Hall–Kier alpha value is -19.2. The summed E-state index contributed by atoms with van der Waals surface area (Å²) in [5.74, 6) is 2.11. The third-order valence-electron chi connectivity index (χ3n) is 28.4. The van der Waals surface area contributed by atoms with E-state index >= 15 is 0 Å². The highest BCUT2D eigenvalue weighted by molar-refractivity contribution is 6.18. The second-order valence-corrected chi connectivity index (χ2v) is 36.7. The van der Waals surface area contributed by atoms with E-state index < -0.39 is 0 Å². The number of hydrogen-bond acceptors (Lipinski definition) is 6. The second-order valence-electron chi connectivity index (χ2n) is 36.7. The van der Waals surface area contributed by atoms with Gasteiger partial charge >= 0.3 is 0 Å². The van der Waals surface area contributed by atoms with Crippen LogP contribution in [0.15, 0.2) is 516 Å². The molecule has 0 aliphatic heterocycles. The highest BCUT2D eigenvalue weighted by Crippen LogP contribution is 2.45. The summed E-state index contributed by atoms with van der Waals surface area (Å²) in [6.07, 6.45) is 0. The lowest BCUT2D eigenvalue weighted by Gasteiger charge is -2.14. The number of nitrogens with zero attached hydrogens (tertiary/aromatic N) is 9. The summed E-state index contributed by atoms with van der Waals surface area (Å²) in [6.45, 7) is 0. The van der Waals surface area contributed by atoms with Crippen LogP contribution in [0.5, 0.6) is 0 Å². The average Bonchev–Trinajstić information content (AvgIpc) is 0.775. The zero-order valence-corrected chi connectivity index (χ0v) is 77.6. The Morgan fingerprint density at radius 1 is 0.125 bits per heavy atom. The van der Waals surface area contributed by atoms with Crippen LogP contribution in [0.2, 0.25) is 0 Å². The van der Waals surface area contributed by atoms with E-state index in [0.29, 0.717) is 17.5 Å². The van der Waals surface area contributed by atoms with Crippen molar-refractivity contribution in [2.75, 3.05) is 0 Å². The van der Waals surface area contributed by atoms with Gasteiger partial charge in [-0.1, -0.05) is 371 Å². The number of rotatable bonds is 12. The highest BCUT2D eigenvalue weighted by Gasteiger charge is 2.24. The van der Waals surface area contributed by atoms with Crippen molar-refractivity contribution in [3.05, 3.63) is 516 Å². The third-order valence-corrected chi connectivity index (χ3v) is 28.4. The molecule has 0 aliphatic carbocycles. The van der Waals surface area contributed by atoms with Gasteiger partial charge in [0.25, 0.3) is 0 Å². The molecule has 0 radical (unpaired) electrons. The predicted octanol–water partition coefficient (Wildman–Crippen LogP) is 35.6. The molecule has 0 amide bonds. The van der Waals surface area contributed by atoms with E-state index in [1.54, 1.807) is 0 Å². The molecule has 0 saturated carbocycles. The van der Waals surface area contributed by atoms with Crippen LogP contribution in [0.25, 0.3) is 270 Å². The van der Waals surface area contributed by atoms with Gasteiger partial charge in [0.1, 0.15) is 0 Å². The molecule has 6 aromatic heterocycles. The summed E-state index contributed by atoms with van der Waals surface area (Å²) in [5, 5.41) is 26.8. The maximum Gasteiger partial charge on any atom is 0.160 e. The summed E-state index contributed by atoms with van der Waals surface area (Å²) in [6, 6.07) is 183. The van der Waals surface area contributed by atoms with E-state index in [2.05, 4.69) is 523 Å².